The van der Waals surface area contributed by atoms with Crippen LogP contribution in [0, 0.1) is 12.8 Å². The number of ether oxygens (including phenoxy) is 1. The number of halogens is 3. The van der Waals surface area contributed by atoms with E-state index < -0.39 is 18.2 Å². The van der Waals surface area contributed by atoms with Gasteiger partial charge in [0.25, 0.3) is 0 Å². The van der Waals surface area contributed by atoms with Gasteiger partial charge in [-0.2, -0.15) is 0 Å². The predicted molar refractivity (Wildman–Crippen MR) is 69.2 cm³/mol. The molecule has 2 unspecified atom stereocenters. The number of hydrogen-bond acceptors (Lipinski definition) is 3. The lowest BCUT2D eigenvalue weighted by Crippen LogP contribution is -2.38. The van der Waals surface area contributed by atoms with Crippen LogP contribution in [0.2, 0.25) is 0 Å². The van der Waals surface area contributed by atoms with Crippen LogP contribution in [0.4, 0.5) is 13.2 Å². The molecular weight excluding hydrogens is 287 g/mol. The zero-order chi connectivity index (χ0) is 15.6. The van der Waals surface area contributed by atoms with E-state index in [1.54, 1.807) is 12.1 Å². The van der Waals surface area contributed by atoms with Gasteiger partial charge >= 0.3 is 12.3 Å². The van der Waals surface area contributed by atoms with Crippen molar-refractivity contribution in [3.8, 4) is 5.75 Å². The minimum atomic E-state index is -4.72. The quantitative estimate of drug-likeness (QED) is 0.901. The number of rotatable bonds is 3. The molecule has 7 heteroatoms. The average molecular weight is 303 g/mol. The third-order valence-electron chi connectivity index (χ3n) is 3.60. The fraction of sp³-hybridized carbons (Fsp3) is 0.500. The van der Waals surface area contributed by atoms with Crippen LogP contribution in [0.5, 0.6) is 5.75 Å². The number of hydrogen-bond donors (Lipinski definition) is 2. The normalized spacial score (nSPS) is 22.9. The van der Waals surface area contributed by atoms with E-state index in [0.717, 1.165) is 5.56 Å². The van der Waals surface area contributed by atoms with E-state index in [2.05, 4.69) is 10.1 Å². The van der Waals surface area contributed by atoms with Gasteiger partial charge in [0, 0.05) is 13.1 Å². The molecule has 0 bridgehead atoms. The minimum Gasteiger partial charge on any atom is -0.481 e. The van der Waals surface area contributed by atoms with Gasteiger partial charge < -0.3 is 15.2 Å². The number of piperidine rings is 1. The van der Waals surface area contributed by atoms with Crippen molar-refractivity contribution in [3.05, 3.63) is 29.3 Å². The fourth-order valence-electron chi connectivity index (χ4n) is 2.55. The molecule has 1 aromatic carbocycles. The molecule has 1 heterocycles. The molecule has 4 nitrogen and oxygen atoms in total. The standard InChI is InChI=1S/C14H16F3NO3/c1-8-4-9(2-3-12(8)21-14(15,16)17)10-5-11(13(19)20)7-18-6-10/h2-4,10-11,18H,5-7H2,1H3,(H,19,20). The Morgan fingerprint density at radius 2 is 2.10 bits per heavy atom. The van der Waals surface area contributed by atoms with E-state index in [-0.39, 0.29) is 11.7 Å². The number of carboxylic acids is 1. The Morgan fingerprint density at radius 3 is 2.67 bits per heavy atom. The molecule has 1 aliphatic heterocycles. The summed E-state index contributed by atoms with van der Waals surface area (Å²) < 4.78 is 40.6. The molecule has 1 aromatic rings. The van der Waals surface area contributed by atoms with Gasteiger partial charge in [0.1, 0.15) is 5.75 Å². The number of nitrogens with one attached hydrogen (secondary N) is 1. The Bertz CT molecular complexity index is 531. The predicted octanol–water partition coefficient (Wildman–Crippen LogP) is 2.67. The first-order chi connectivity index (χ1) is 9.76. The zero-order valence-corrected chi connectivity index (χ0v) is 11.4. The van der Waals surface area contributed by atoms with Crippen LogP contribution >= 0.6 is 0 Å². The molecular formula is C14H16F3NO3. The Labute approximate surface area is 119 Å². The Balaban J connectivity index is 2.14. The molecule has 0 saturated carbocycles. The van der Waals surface area contributed by atoms with Gasteiger partial charge in [-0.25, -0.2) is 0 Å². The summed E-state index contributed by atoms with van der Waals surface area (Å²) in [4.78, 5) is 11.0. The van der Waals surface area contributed by atoms with Crippen LogP contribution in [-0.2, 0) is 4.79 Å². The topological polar surface area (TPSA) is 58.6 Å². The molecule has 0 radical (unpaired) electrons. The summed E-state index contributed by atoms with van der Waals surface area (Å²) in [6.07, 6.45) is -4.24. The molecule has 116 valence electrons. The highest BCUT2D eigenvalue weighted by Gasteiger charge is 2.32. The van der Waals surface area contributed by atoms with E-state index in [0.29, 0.717) is 25.1 Å². The SMILES string of the molecule is Cc1cc(C2CNCC(C(=O)O)C2)ccc1OC(F)(F)F. The molecule has 1 fully saturated rings. The maximum absolute atomic E-state index is 12.2. The highest BCUT2D eigenvalue weighted by atomic mass is 19.4. The van der Waals surface area contributed by atoms with Crippen molar-refractivity contribution in [2.24, 2.45) is 5.92 Å². The van der Waals surface area contributed by atoms with Crippen molar-refractivity contribution in [2.45, 2.75) is 25.6 Å². The lowest BCUT2D eigenvalue weighted by molar-refractivity contribution is -0.274. The summed E-state index contributed by atoms with van der Waals surface area (Å²) in [5.41, 5.74) is 1.20. The van der Waals surface area contributed by atoms with Crippen LogP contribution in [0.25, 0.3) is 0 Å². The first kappa shape index (κ1) is 15.6. The van der Waals surface area contributed by atoms with Crippen molar-refractivity contribution < 1.29 is 27.8 Å². The molecule has 1 aliphatic rings. The first-order valence-corrected chi connectivity index (χ1v) is 6.56. The molecule has 21 heavy (non-hydrogen) atoms. The summed E-state index contributed by atoms with van der Waals surface area (Å²) in [7, 11) is 0. The fourth-order valence-corrected chi connectivity index (χ4v) is 2.55. The number of benzene rings is 1. The van der Waals surface area contributed by atoms with Crippen molar-refractivity contribution in [2.75, 3.05) is 13.1 Å². The summed E-state index contributed by atoms with van der Waals surface area (Å²) in [5.74, 6) is -1.60. The largest absolute Gasteiger partial charge is 0.573 e. The zero-order valence-electron chi connectivity index (χ0n) is 11.4. The Morgan fingerprint density at radius 1 is 1.38 bits per heavy atom. The summed E-state index contributed by atoms with van der Waals surface area (Å²) in [6, 6.07) is 4.46. The molecule has 2 atom stereocenters. The molecule has 2 rings (SSSR count). The number of aryl methyl sites for hydroxylation is 1. The molecule has 1 saturated heterocycles. The van der Waals surface area contributed by atoms with Crippen molar-refractivity contribution in [1.29, 1.82) is 0 Å². The lowest BCUT2D eigenvalue weighted by atomic mass is 9.85. The van der Waals surface area contributed by atoms with Crippen LogP contribution in [-0.4, -0.2) is 30.5 Å². The van der Waals surface area contributed by atoms with Crippen LogP contribution in [0.15, 0.2) is 18.2 Å². The molecule has 0 aromatic heterocycles. The second kappa shape index (κ2) is 5.93. The van der Waals surface area contributed by atoms with E-state index >= 15 is 0 Å². The second-order valence-electron chi connectivity index (χ2n) is 5.20. The van der Waals surface area contributed by atoms with Crippen molar-refractivity contribution in [1.82, 2.24) is 5.32 Å². The van der Waals surface area contributed by atoms with Crippen molar-refractivity contribution >= 4 is 5.97 Å². The highest BCUT2D eigenvalue weighted by Crippen LogP contribution is 2.32. The van der Waals surface area contributed by atoms with Gasteiger partial charge in [-0.3, -0.25) is 4.79 Å². The van der Waals surface area contributed by atoms with Crippen molar-refractivity contribution in [3.63, 3.8) is 0 Å². The maximum Gasteiger partial charge on any atom is 0.573 e. The third kappa shape index (κ3) is 4.10. The van der Waals surface area contributed by atoms with Crippen LogP contribution < -0.4 is 10.1 Å². The maximum atomic E-state index is 12.2. The third-order valence-corrected chi connectivity index (χ3v) is 3.60. The van der Waals surface area contributed by atoms with Gasteiger partial charge in [0.05, 0.1) is 5.92 Å². The number of aliphatic carboxylic acids is 1. The Kier molecular flexibility index (Phi) is 4.41. The van der Waals surface area contributed by atoms with Crippen LogP contribution in [0.3, 0.4) is 0 Å². The highest BCUT2D eigenvalue weighted by molar-refractivity contribution is 5.70. The minimum absolute atomic E-state index is 0.0292. The Hall–Kier alpha value is -1.76. The van der Waals surface area contributed by atoms with Gasteiger partial charge in [-0.15, -0.1) is 13.2 Å². The monoisotopic (exact) mass is 303 g/mol. The van der Waals surface area contributed by atoms with Gasteiger partial charge in [-0.1, -0.05) is 12.1 Å². The van der Waals surface area contributed by atoms with E-state index in [4.69, 9.17) is 5.11 Å². The smallest absolute Gasteiger partial charge is 0.481 e. The van der Waals surface area contributed by atoms with Gasteiger partial charge in [0.2, 0.25) is 0 Å². The molecule has 0 spiro atoms. The average Bonchev–Trinajstić information content (AvgIpc) is 2.40. The number of carboxylic acid groups (broad SMARTS) is 1. The van der Waals surface area contributed by atoms with Gasteiger partial charge in [-0.05, 0) is 36.5 Å². The summed E-state index contributed by atoms with van der Waals surface area (Å²) >= 11 is 0. The number of alkyl halides is 3. The second-order valence-corrected chi connectivity index (χ2v) is 5.20. The van der Waals surface area contributed by atoms with E-state index in [9.17, 15) is 18.0 Å². The van der Waals surface area contributed by atoms with E-state index in [1.807, 2.05) is 0 Å². The lowest BCUT2D eigenvalue weighted by Gasteiger charge is -2.28. The van der Waals surface area contributed by atoms with Gasteiger partial charge in [0.15, 0.2) is 0 Å². The molecule has 2 N–H and O–H groups in total. The molecule has 0 amide bonds. The summed E-state index contributed by atoms with van der Waals surface area (Å²) in [6.45, 7) is 2.57. The number of carbonyl (C=O) groups is 1. The van der Waals surface area contributed by atoms with Crippen LogP contribution in [0.1, 0.15) is 23.5 Å². The van der Waals surface area contributed by atoms with E-state index in [1.165, 1.54) is 13.0 Å². The first-order valence-electron chi connectivity index (χ1n) is 6.56. The molecule has 0 aliphatic carbocycles. The summed E-state index contributed by atoms with van der Waals surface area (Å²) in [5, 5.41) is 12.1.